The molecule has 0 spiro atoms. The summed E-state index contributed by atoms with van der Waals surface area (Å²) in [7, 11) is 0. The van der Waals surface area contributed by atoms with E-state index in [4.69, 9.17) is 28.3 Å². The van der Waals surface area contributed by atoms with Gasteiger partial charge in [-0.15, -0.1) is 0 Å². The maximum Gasteiger partial charge on any atom is 0.354 e. The molecule has 86 valence electrons. The molecule has 0 radical (unpaired) electrons. The number of aromatic carboxylic acids is 1. The lowest BCUT2D eigenvalue weighted by molar-refractivity contribution is 0.0690. The summed E-state index contributed by atoms with van der Waals surface area (Å²) in [5.41, 5.74) is 0.459. The van der Waals surface area contributed by atoms with Crippen molar-refractivity contribution < 1.29 is 9.90 Å². The molecule has 0 aliphatic rings. The fraction of sp³-hybridized carbons (Fsp3) is 0. The van der Waals surface area contributed by atoms with E-state index in [1.807, 2.05) is 0 Å². The Kier molecular flexibility index (Phi) is 3.26. The Morgan fingerprint density at radius 3 is 2.65 bits per heavy atom. The van der Waals surface area contributed by atoms with Crippen LogP contribution in [0.4, 0.5) is 0 Å². The van der Waals surface area contributed by atoms with Crippen molar-refractivity contribution in [3.8, 4) is 11.4 Å². The summed E-state index contributed by atoms with van der Waals surface area (Å²) >= 11 is 11.8. The van der Waals surface area contributed by atoms with Gasteiger partial charge in [-0.2, -0.15) is 0 Å². The molecule has 1 N–H and O–H groups in total. The second kappa shape index (κ2) is 4.69. The normalized spacial score (nSPS) is 10.2. The van der Waals surface area contributed by atoms with Crippen LogP contribution < -0.4 is 0 Å². The monoisotopic (exact) mass is 268 g/mol. The average molecular weight is 269 g/mol. The van der Waals surface area contributed by atoms with Gasteiger partial charge in [0.25, 0.3) is 0 Å². The van der Waals surface area contributed by atoms with E-state index in [0.29, 0.717) is 15.6 Å². The minimum Gasteiger partial charge on any atom is -0.477 e. The van der Waals surface area contributed by atoms with Crippen LogP contribution in [0.1, 0.15) is 10.5 Å². The van der Waals surface area contributed by atoms with E-state index in [9.17, 15) is 4.79 Å². The summed E-state index contributed by atoms with van der Waals surface area (Å²) in [6, 6.07) is 6.15. The molecule has 1 heterocycles. The quantitative estimate of drug-likeness (QED) is 0.909. The van der Waals surface area contributed by atoms with Gasteiger partial charge in [0.15, 0.2) is 11.5 Å². The second-order valence-electron chi connectivity index (χ2n) is 3.19. The highest BCUT2D eigenvalue weighted by atomic mass is 35.5. The Morgan fingerprint density at radius 2 is 2.00 bits per heavy atom. The van der Waals surface area contributed by atoms with Crippen molar-refractivity contribution in [1.29, 1.82) is 0 Å². The van der Waals surface area contributed by atoms with Crippen molar-refractivity contribution in [1.82, 2.24) is 9.97 Å². The van der Waals surface area contributed by atoms with E-state index >= 15 is 0 Å². The molecule has 0 saturated heterocycles. The maximum atomic E-state index is 10.8. The van der Waals surface area contributed by atoms with Crippen LogP contribution >= 0.6 is 23.2 Å². The fourth-order valence-corrected chi connectivity index (χ4v) is 1.77. The van der Waals surface area contributed by atoms with Crippen LogP contribution in [0.5, 0.6) is 0 Å². The smallest absolute Gasteiger partial charge is 0.354 e. The largest absolute Gasteiger partial charge is 0.477 e. The highest BCUT2D eigenvalue weighted by Gasteiger charge is 2.10. The van der Waals surface area contributed by atoms with E-state index < -0.39 is 5.97 Å². The molecule has 0 amide bonds. The van der Waals surface area contributed by atoms with Crippen molar-refractivity contribution in [3.63, 3.8) is 0 Å². The molecule has 0 bridgehead atoms. The van der Waals surface area contributed by atoms with Gasteiger partial charge < -0.3 is 5.11 Å². The summed E-state index contributed by atoms with van der Waals surface area (Å²) in [5.74, 6) is -0.856. The highest BCUT2D eigenvalue weighted by molar-refractivity contribution is 6.36. The Labute approximate surface area is 107 Å². The van der Waals surface area contributed by atoms with Gasteiger partial charge in [-0.25, -0.2) is 14.8 Å². The predicted molar refractivity (Wildman–Crippen MR) is 64.4 cm³/mol. The molecule has 4 nitrogen and oxygen atoms in total. The molecule has 0 unspecified atom stereocenters. The van der Waals surface area contributed by atoms with Gasteiger partial charge in [0.2, 0.25) is 0 Å². The lowest BCUT2D eigenvalue weighted by atomic mass is 10.2. The number of carbonyl (C=O) groups is 1. The van der Waals surface area contributed by atoms with Crippen LogP contribution in [0.15, 0.2) is 30.5 Å². The number of nitrogens with zero attached hydrogens (tertiary/aromatic N) is 2. The SMILES string of the molecule is O=C(O)c1ccnc(-c2ccc(Cl)cc2Cl)n1. The van der Waals surface area contributed by atoms with Crippen LogP contribution in [0.2, 0.25) is 10.0 Å². The number of hydrogen-bond donors (Lipinski definition) is 1. The summed E-state index contributed by atoms with van der Waals surface area (Å²) < 4.78 is 0. The van der Waals surface area contributed by atoms with E-state index in [2.05, 4.69) is 9.97 Å². The summed E-state index contributed by atoms with van der Waals surface area (Å²) in [4.78, 5) is 18.7. The Morgan fingerprint density at radius 1 is 1.24 bits per heavy atom. The molecule has 2 aromatic rings. The number of halogens is 2. The van der Waals surface area contributed by atoms with Crippen molar-refractivity contribution in [3.05, 3.63) is 46.2 Å². The van der Waals surface area contributed by atoms with Crippen molar-refractivity contribution >= 4 is 29.2 Å². The van der Waals surface area contributed by atoms with E-state index in [1.165, 1.54) is 12.3 Å². The first-order valence-electron chi connectivity index (χ1n) is 4.59. The first-order chi connectivity index (χ1) is 8.08. The first-order valence-corrected chi connectivity index (χ1v) is 5.35. The molecule has 0 aliphatic carbocycles. The maximum absolute atomic E-state index is 10.8. The first kappa shape index (κ1) is 11.8. The summed E-state index contributed by atoms with van der Waals surface area (Å²) in [6.45, 7) is 0. The number of rotatable bonds is 2. The van der Waals surface area contributed by atoms with Crippen LogP contribution in [0.25, 0.3) is 11.4 Å². The molecular weight excluding hydrogens is 263 g/mol. The van der Waals surface area contributed by atoms with Crippen LogP contribution in [-0.4, -0.2) is 21.0 Å². The van der Waals surface area contributed by atoms with E-state index in [0.717, 1.165) is 0 Å². The van der Waals surface area contributed by atoms with Crippen molar-refractivity contribution in [2.75, 3.05) is 0 Å². The van der Waals surface area contributed by atoms with E-state index in [-0.39, 0.29) is 11.5 Å². The zero-order valence-electron chi connectivity index (χ0n) is 8.39. The molecule has 1 aromatic carbocycles. The molecule has 0 atom stereocenters. The molecule has 2 rings (SSSR count). The highest BCUT2D eigenvalue weighted by Crippen LogP contribution is 2.27. The Bertz CT molecular complexity index is 587. The van der Waals surface area contributed by atoms with Gasteiger partial charge in [-0.3, -0.25) is 0 Å². The molecule has 1 aromatic heterocycles. The lowest BCUT2D eigenvalue weighted by Gasteiger charge is -2.03. The third-order valence-electron chi connectivity index (χ3n) is 2.05. The van der Waals surface area contributed by atoms with Gasteiger partial charge in [-0.05, 0) is 24.3 Å². The van der Waals surface area contributed by atoms with Crippen LogP contribution in [0.3, 0.4) is 0 Å². The topological polar surface area (TPSA) is 63.1 Å². The third kappa shape index (κ3) is 2.54. The molecule has 17 heavy (non-hydrogen) atoms. The molecule has 0 fully saturated rings. The number of aromatic nitrogens is 2. The van der Waals surface area contributed by atoms with Crippen molar-refractivity contribution in [2.24, 2.45) is 0 Å². The standard InChI is InChI=1S/C11H6Cl2N2O2/c12-6-1-2-7(8(13)5-6)10-14-4-3-9(15-10)11(16)17/h1-5H,(H,16,17). The Hall–Kier alpha value is -1.65. The van der Waals surface area contributed by atoms with Crippen LogP contribution in [0, 0.1) is 0 Å². The molecule has 0 aliphatic heterocycles. The number of carboxylic acid groups (broad SMARTS) is 1. The van der Waals surface area contributed by atoms with Crippen molar-refractivity contribution in [2.45, 2.75) is 0 Å². The van der Waals surface area contributed by atoms with Gasteiger partial charge in [0, 0.05) is 16.8 Å². The molecule has 0 saturated carbocycles. The van der Waals surface area contributed by atoms with Gasteiger partial charge in [0.1, 0.15) is 0 Å². The summed E-state index contributed by atoms with van der Waals surface area (Å²) in [6.07, 6.45) is 1.37. The zero-order chi connectivity index (χ0) is 12.4. The Balaban J connectivity index is 2.53. The average Bonchev–Trinajstić information content (AvgIpc) is 2.29. The number of benzene rings is 1. The van der Waals surface area contributed by atoms with Gasteiger partial charge in [-0.1, -0.05) is 23.2 Å². The minimum atomic E-state index is -1.11. The van der Waals surface area contributed by atoms with E-state index in [1.54, 1.807) is 18.2 Å². The fourth-order valence-electron chi connectivity index (χ4n) is 1.28. The third-order valence-corrected chi connectivity index (χ3v) is 2.59. The lowest BCUT2D eigenvalue weighted by Crippen LogP contribution is -2.02. The minimum absolute atomic E-state index is 0.0824. The summed E-state index contributed by atoms with van der Waals surface area (Å²) in [5, 5.41) is 9.69. The molecular formula is C11H6Cl2N2O2. The number of carboxylic acids is 1. The van der Waals surface area contributed by atoms with Gasteiger partial charge >= 0.3 is 5.97 Å². The predicted octanol–water partition coefficient (Wildman–Crippen LogP) is 3.15. The molecule has 6 heteroatoms. The van der Waals surface area contributed by atoms with Gasteiger partial charge in [0.05, 0.1) is 5.02 Å². The zero-order valence-corrected chi connectivity index (χ0v) is 9.90. The van der Waals surface area contributed by atoms with Crippen LogP contribution in [-0.2, 0) is 0 Å². The number of hydrogen-bond acceptors (Lipinski definition) is 3. The second-order valence-corrected chi connectivity index (χ2v) is 4.04.